The molecule has 0 aromatic heterocycles. The van der Waals surface area contributed by atoms with Gasteiger partial charge in [-0.1, -0.05) is 20.8 Å². The van der Waals surface area contributed by atoms with Crippen LogP contribution in [-0.4, -0.2) is 86.3 Å². The van der Waals surface area contributed by atoms with E-state index in [1.807, 2.05) is 0 Å². The second kappa shape index (κ2) is 4.91. The van der Waals surface area contributed by atoms with Gasteiger partial charge in [-0.3, -0.25) is 4.79 Å². The van der Waals surface area contributed by atoms with Crippen LogP contribution in [0.4, 0.5) is 0 Å². The minimum absolute atomic E-state index is 0.792. The predicted molar refractivity (Wildman–Crippen MR) is 93.4 cm³/mol. The fourth-order valence-corrected chi connectivity index (χ4v) is 8.27. The molecule has 4 aliphatic heterocycles. The molecule has 6 rings (SSSR count). The van der Waals surface area contributed by atoms with Crippen LogP contribution in [0.3, 0.4) is 0 Å². The zero-order valence-corrected chi connectivity index (χ0v) is 17.3. The lowest BCUT2D eigenvalue weighted by atomic mass is 9.51. The normalized spacial score (nSPS) is 61.0. The highest BCUT2D eigenvalue weighted by atomic mass is 16.8. The van der Waals surface area contributed by atoms with Gasteiger partial charge in [-0.2, -0.15) is 0 Å². The predicted octanol–water partition coefficient (Wildman–Crippen LogP) is -2.40. The van der Waals surface area contributed by atoms with Crippen LogP contribution < -0.4 is 0 Å². The van der Waals surface area contributed by atoms with Crippen LogP contribution in [0.25, 0.3) is 0 Å². The summed E-state index contributed by atoms with van der Waals surface area (Å²) in [5.74, 6) is -5.22. The Morgan fingerprint density at radius 1 is 0.935 bits per heavy atom. The average Bonchev–Trinajstić information content (AvgIpc) is 3.35. The van der Waals surface area contributed by atoms with Crippen molar-refractivity contribution in [2.75, 3.05) is 0 Å². The van der Waals surface area contributed by atoms with Crippen LogP contribution in [0, 0.1) is 28.1 Å². The standard InChI is InChI=1S/C20H24O11/c1-5-12(24)28-11-8(22)18-10-6(21)7(16(2,3)4)17(18)9(23)13(25)30-15(17)31-20(18,14(26)29-10)19(5,11)27/h5-11,15,21-23,27H,1-4H3/t5-,6+,7+,8-,9+,10+,11-,15+,17-,18?,19+,20-/m1/s1. The smallest absolute Gasteiger partial charge is 0.343 e. The lowest BCUT2D eigenvalue weighted by Crippen LogP contribution is -2.67. The molecule has 6 aliphatic rings. The van der Waals surface area contributed by atoms with Crippen molar-refractivity contribution < 1.29 is 53.8 Å². The molecule has 6 fully saturated rings. The van der Waals surface area contributed by atoms with Crippen LogP contribution in [0.5, 0.6) is 0 Å². The Morgan fingerprint density at radius 2 is 1.58 bits per heavy atom. The van der Waals surface area contributed by atoms with Crippen molar-refractivity contribution in [1.29, 1.82) is 0 Å². The zero-order chi connectivity index (χ0) is 22.7. The highest BCUT2D eigenvalue weighted by molar-refractivity contribution is 5.94. The summed E-state index contributed by atoms with van der Waals surface area (Å²) in [6.45, 7) is 6.63. The molecule has 0 aromatic rings. The van der Waals surface area contributed by atoms with Gasteiger partial charge in [-0.25, -0.2) is 9.59 Å². The van der Waals surface area contributed by atoms with E-state index in [2.05, 4.69) is 0 Å². The molecule has 11 nitrogen and oxygen atoms in total. The molecular formula is C20H24O11. The molecule has 0 bridgehead atoms. The maximum Gasteiger partial charge on any atom is 0.343 e. The number of aliphatic hydroxyl groups excluding tert-OH is 3. The number of esters is 3. The summed E-state index contributed by atoms with van der Waals surface area (Å²) in [6, 6.07) is 0. The largest absolute Gasteiger partial charge is 0.456 e. The van der Waals surface area contributed by atoms with E-state index < -0.39 is 94.0 Å². The first-order valence-corrected chi connectivity index (χ1v) is 10.3. The van der Waals surface area contributed by atoms with E-state index >= 15 is 0 Å². The van der Waals surface area contributed by atoms with Crippen molar-refractivity contribution >= 4 is 17.9 Å². The third-order valence-electron chi connectivity index (χ3n) is 8.95. The van der Waals surface area contributed by atoms with Crippen molar-refractivity contribution in [3.05, 3.63) is 0 Å². The van der Waals surface area contributed by atoms with Crippen molar-refractivity contribution in [1.82, 2.24) is 0 Å². The number of hydrogen-bond acceptors (Lipinski definition) is 11. The second-order valence-electron chi connectivity index (χ2n) is 10.8. The molecule has 2 aliphatic carbocycles. The Kier molecular flexibility index (Phi) is 3.15. The molecule has 0 aromatic carbocycles. The quantitative estimate of drug-likeness (QED) is 0.234. The van der Waals surface area contributed by atoms with Gasteiger partial charge < -0.3 is 39.4 Å². The topological polar surface area (TPSA) is 169 Å². The van der Waals surface area contributed by atoms with Gasteiger partial charge in [0.15, 0.2) is 17.8 Å². The Bertz CT molecular complexity index is 957. The van der Waals surface area contributed by atoms with Crippen molar-refractivity contribution in [3.63, 3.8) is 0 Å². The lowest BCUT2D eigenvalue weighted by Gasteiger charge is -2.47. The molecule has 2 saturated carbocycles. The molecule has 4 saturated heterocycles. The van der Waals surface area contributed by atoms with E-state index in [0.717, 1.165) is 0 Å². The Hall–Kier alpha value is -1.79. The number of hydrogen-bond donors (Lipinski definition) is 4. The van der Waals surface area contributed by atoms with E-state index in [0.29, 0.717) is 0 Å². The average molecular weight is 440 g/mol. The van der Waals surface area contributed by atoms with E-state index in [-0.39, 0.29) is 0 Å². The summed E-state index contributed by atoms with van der Waals surface area (Å²) in [7, 11) is 0. The number of carbonyl (C=O) groups excluding carboxylic acids is 3. The maximum absolute atomic E-state index is 13.4. The highest BCUT2D eigenvalue weighted by Crippen LogP contribution is 2.84. The molecule has 12 atom stereocenters. The van der Waals surface area contributed by atoms with E-state index in [1.165, 1.54) is 6.92 Å². The van der Waals surface area contributed by atoms with E-state index in [1.54, 1.807) is 20.8 Å². The van der Waals surface area contributed by atoms with Crippen molar-refractivity contribution in [3.8, 4) is 0 Å². The van der Waals surface area contributed by atoms with Crippen LogP contribution in [0.1, 0.15) is 27.7 Å². The van der Waals surface area contributed by atoms with Crippen LogP contribution in [-0.2, 0) is 33.3 Å². The van der Waals surface area contributed by atoms with Crippen molar-refractivity contribution in [2.24, 2.45) is 28.1 Å². The molecule has 4 heterocycles. The molecule has 31 heavy (non-hydrogen) atoms. The summed E-state index contributed by atoms with van der Waals surface area (Å²) in [5.41, 5.74) is -9.40. The number of carbonyl (C=O) groups is 3. The van der Waals surface area contributed by atoms with Gasteiger partial charge in [0.25, 0.3) is 0 Å². The molecule has 0 radical (unpaired) electrons. The molecular weight excluding hydrogens is 416 g/mol. The van der Waals surface area contributed by atoms with Gasteiger partial charge >= 0.3 is 17.9 Å². The molecule has 1 unspecified atom stereocenters. The van der Waals surface area contributed by atoms with Gasteiger partial charge in [-0.15, -0.1) is 0 Å². The first kappa shape index (κ1) is 19.9. The third-order valence-corrected chi connectivity index (χ3v) is 8.95. The molecule has 170 valence electrons. The van der Waals surface area contributed by atoms with Gasteiger partial charge in [0.1, 0.15) is 12.2 Å². The fourth-order valence-electron chi connectivity index (χ4n) is 8.27. The summed E-state index contributed by atoms with van der Waals surface area (Å²) >= 11 is 0. The summed E-state index contributed by atoms with van der Waals surface area (Å²) in [5, 5.41) is 46.1. The van der Waals surface area contributed by atoms with Crippen LogP contribution in [0.15, 0.2) is 0 Å². The van der Waals surface area contributed by atoms with Gasteiger partial charge in [0.2, 0.25) is 11.9 Å². The number of aliphatic hydroxyl groups is 4. The minimum Gasteiger partial charge on any atom is -0.456 e. The van der Waals surface area contributed by atoms with Gasteiger partial charge in [0.05, 0.1) is 22.9 Å². The number of fused-ring (bicyclic) bond motifs is 1. The minimum atomic E-state index is -2.40. The second-order valence-corrected chi connectivity index (χ2v) is 10.8. The Balaban J connectivity index is 1.75. The van der Waals surface area contributed by atoms with E-state index in [9.17, 15) is 34.8 Å². The summed E-state index contributed by atoms with van der Waals surface area (Å²) in [4.78, 5) is 38.3. The highest BCUT2D eigenvalue weighted by Gasteiger charge is 3.05. The monoisotopic (exact) mass is 440 g/mol. The maximum atomic E-state index is 13.4. The van der Waals surface area contributed by atoms with Crippen LogP contribution >= 0.6 is 0 Å². The summed E-state index contributed by atoms with van der Waals surface area (Å²) in [6.07, 6.45) is -9.69. The van der Waals surface area contributed by atoms with Crippen molar-refractivity contribution in [2.45, 2.75) is 75.7 Å². The third kappa shape index (κ3) is 1.43. The lowest BCUT2D eigenvalue weighted by molar-refractivity contribution is -0.240. The van der Waals surface area contributed by atoms with Gasteiger partial charge in [-0.05, 0) is 12.3 Å². The van der Waals surface area contributed by atoms with Gasteiger partial charge in [0, 0.05) is 5.92 Å². The zero-order valence-electron chi connectivity index (χ0n) is 17.3. The summed E-state index contributed by atoms with van der Waals surface area (Å²) < 4.78 is 22.2. The van der Waals surface area contributed by atoms with E-state index in [4.69, 9.17) is 18.9 Å². The first-order valence-electron chi connectivity index (χ1n) is 10.3. The molecule has 2 spiro atoms. The number of rotatable bonds is 0. The number of ether oxygens (including phenoxy) is 4. The molecule has 11 heteroatoms. The first-order chi connectivity index (χ1) is 14.3. The van der Waals surface area contributed by atoms with Crippen LogP contribution in [0.2, 0.25) is 0 Å². The molecule has 4 N–H and O–H groups in total. The molecule has 0 amide bonds. The Labute approximate surface area is 176 Å². The SMILES string of the molecule is C[C@@H]1C(=O)O[C@@H]2[C@@H](O)C34[C@H]5OC(=O)[C@]3(O[C@@H]3OC(=O)[C@H](O)[C@]34[C@H](C(C)(C)C)[C@@H]5O)[C@]12O. The fraction of sp³-hybridized carbons (Fsp3) is 0.850. The Morgan fingerprint density at radius 3 is 2.19 bits per heavy atom.